The molecule has 1 aliphatic heterocycles. The Morgan fingerprint density at radius 3 is 2.55 bits per heavy atom. The van der Waals surface area contributed by atoms with Gasteiger partial charge in [-0.2, -0.15) is 0 Å². The second-order valence-electron chi connectivity index (χ2n) is 7.40. The van der Waals surface area contributed by atoms with Gasteiger partial charge in [-0.1, -0.05) is 44.2 Å². The third-order valence-electron chi connectivity index (χ3n) is 5.50. The Morgan fingerprint density at radius 2 is 1.91 bits per heavy atom. The molecule has 1 aromatic rings. The Bertz CT molecular complexity index is 503. The lowest BCUT2D eigenvalue weighted by atomic mass is 9.73. The summed E-state index contributed by atoms with van der Waals surface area (Å²) < 4.78 is 0. The number of hydrogen-bond acceptors (Lipinski definition) is 1. The molecule has 3 nitrogen and oxygen atoms in total. The van der Waals surface area contributed by atoms with E-state index in [1.807, 2.05) is 0 Å². The molecular formula is C19H28N2O. The van der Waals surface area contributed by atoms with Crippen LogP contribution in [0.2, 0.25) is 0 Å². The van der Waals surface area contributed by atoms with Crippen LogP contribution in [-0.4, -0.2) is 29.6 Å². The fraction of sp³-hybridized carbons (Fsp3) is 0.632. The third-order valence-corrected chi connectivity index (χ3v) is 5.50. The van der Waals surface area contributed by atoms with Gasteiger partial charge in [-0.25, -0.2) is 4.79 Å². The number of urea groups is 1. The molecule has 3 heteroatoms. The normalized spacial score (nSPS) is 28.4. The van der Waals surface area contributed by atoms with E-state index in [4.69, 9.17) is 0 Å². The minimum atomic E-state index is 0.0806. The van der Waals surface area contributed by atoms with Crippen molar-refractivity contribution in [3.63, 3.8) is 0 Å². The van der Waals surface area contributed by atoms with Crippen LogP contribution in [0.1, 0.15) is 57.4 Å². The first-order valence-electron chi connectivity index (χ1n) is 8.71. The van der Waals surface area contributed by atoms with Crippen LogP contribution in [-0.2, 0) is 0 Å². The third kappa shape index (κ3) is 2.99. The number of carbonyl (C=O) groups is 1. The summed E-state index contributed by atoms with van der Waals surface area (Å²) in [5, 5.41) is 3.10. The molecule has 1 spiro atoms. The second-order valence-corrected chi connectivity index (χ2v) is 7.40. The van der Waals surface area contributed by atoms with Crippen LogP contribution in [0.3, 0.4) is 0 Å². The summed E-state index contributed by atoms with van der Waals surface area (Å²) in [5.74, 6) is 1.31. The van der Waals surface area contributed by atoms with Crippen molar-refractivity contribution in [2.45, 2.75) is 57.4 Å². The highest BCUT2D eigenvalue weighted by molar-refractivity contribution is 5.78. The highest BCUT2D eigenvalue weighted by Crippen LogP contribution is 2.42. The van der Waals surface area contributed by atoms with Crippen molar-refractivity contribution in [2.75, 3.05) is 13.1 Å². The number of nitrogens with zero attached hydrogens (tertiary/aromatic N) is 1. The number of benzene rings is 1. The van der Waals surface area contributed by atoms with Crippen LogP contribution >= 0.6 is 0 Å². The zero-order valence-corrected chi connectivity index (χ0v) is 13.8. The molecule has 0 aromatic heterocycles. The predicted molar refractivity (Wildman–Crippen MR) is 89.9 cm³/mol. The summed E-state index contributed by atoms with van der Waals surface area (Å²) in [6.07, 6.45) is 5.73. The van der Waals surface area contributed by atoms with Gasteiger partial charge in [-0.3, -0.25) is 0 Å². The van der Waals surface area contributed by atoms with E-state index in [9.17, 15) is 4.79 Å². The molecule has 0 radical (unpaired) electrons. The summed E-state index contributed by atoms with van der Waals surface area (Å²) in [6.45, 7) is 6.20. The lowest BCUT2D eigenvalue weighted by Gasteiger charge is -2.43. The van der Waals surface area contributed by atoms with E-state index in [-0.39, 0.29) is 11.6 Å². The molecule has 0 atom stereocenters. The molecular weight excluding hydrogens is 272 g/mol. The first-order chi connectivity index (χ1) is 10.6. The van der Waals surface area contributed by atoms with Gasteiger partial charge in [0.15, 0.2) is 0 Å². The van der Waals surface area contributed by atoms with Gasteiger partial charge >= 0.3 is 6.03 Å². The Labute approximate surface area is 134 Å². The lowest BCUT2D eigenvalue weighted by molar-refractivity contribution is 0.108. The van der Waals surface area contributed by atoms with Gasteiger partial charge in [-0.05, 0) is 49.5 Å². The maximum atomic E-state index is 12.2. The Morgan fingerprint density at radius 1 is 1.23 bits per heavy atom. The molecule has 2 fully saturated rings. The van der Waals surface area contributed by atoms with Crippen LogP contribution in [0.5, 0.6) is 0 Å². The fourth-order valence-corrected chi connectivity index (χ4v) is 4.03. The molecule has 0 bridgehead atoms. The van der Waals surface area contributed by atoms with Crippen LogP contribution in [0.25, 0.3) is 0 Å². The van der Waals surface area contributed by atoms with Crippen LogP contribution < -0.4 is 5.32 Å². The van der Waals surface area contributed by atoms with Gasteiger partial charge in [0.25, 0.3) is 0 Å². The van der Waals surface area contributed by atoms with Crippen molar-refractivity contribution in [1.82, 2.24) is 10.2 Å². The van der Waals surface area contributed by atoms with Crippen LogP contribution in [0.15, 0.2) is 30.3 Å². The highest BCUT2D eigenvalue weighted by Gasteiger charge is 2.47. The van der Waals surface area contributed by atoms with Crippen molar-refractivity contribution >= 4 is 6.03 Å². The van der Waals surface area contributed by atoms with E-state index in [0.29, 0.717) is 11.8 Å². The quantitative estimate of drug-likeness (QED) is 0.890. The first-order valence-corrected chi connectivity index (χ1v) is 8.71. The average Bonchev–Trinajstić information content (AvgIpc) is 2.83. The van der Waals surface area contributed by atoms with E-state index < -0.39 is 0 Å². The first kappa shape index (κ1) is 15.4. The summed E-state index contributed by atoms with van der Waals surface area (Å²) in [6, 6.07) is 11.0. The number of amides is 2. The maximum absolute atomic E-state index is 12.2. The highest BCUT2D eigenvalue weighted by atomic mass is 16.2. The molecule has 120 valence electrons. The number of hydrogen-bond donors (Lipinski definition) is 1. The minimum absolute atomic E-state index is 0.0806. The molecule has 2 aliphatic rings. The van der Waals surface area contributed by atoms with Gasteiger partial charge in [0.05, 0.1) is 5.54 Å². The Hall–Kier alpha value is -1.51. The number of carbonyl (C=O) groups excluding carboxylic acids is 1. The summed E-state index contributed by atoms with van der Waals surface area (Å²) >= 11 is 0. The standard InChI is InChI=1S/C19H28N2O/c1-15(2)10-13-21-18(22)20-14-19(21)11-8-17(9-12-19)16-6-4-3-5-7-16/h3-7,15,17H,8-14H2,1-2H3,(H,20,22). The van der Waals surface area contributed by atoms with Gasteiger partial charge in [-0.15, -0.1) is 0 Å². The molecule has 22 heavy (non-hydrogen) atoms. The second kappa shape index (κ2) is 6.31. The van der Waals surface area contributed by atoms with Crippen molar-refractivity contribution in [3.8, 4) is 0 Å². The van der Waals surface area contributed by atoms with E-state index in [1.165, 1.54) is 18.4 Å². The number of nitrogens with one attached hydrogen (secondary N) is 1. The van der Waals surface area contributed by atoms with Gasteiger partial charge in [0.1, 0.15) is 0 Å². The summed E-state index contributed by atoms with van der Waals surface area (Å²) in [7, 11) is 0. The molecule has 1 aliphatic carbocycles. The molecule has 3 rings (SSSR count). The van der Waals surface area contributed by atoms with Gasteiger partial charge in [0.2, 0.25) is 0 Å². The largest absolute Gasteiger partial charge is 0.336 e. The average molecular weight is 300 g/mol. The van der Waals surface area contributed by atoms with Crippen molar-refractivity contribution in [2.24, 2.45) is 5.92 Å². The predicted octanol–water partition coefficient (Wildman–Crippen LogP) is 4.15. The lowest BCUT2D eigenvalue weighted by Crippen LogP contribution is -2.49. The fourth-order valence-electron chi connectivity index (χ4n) is 4.03. The summed E-state index contributed by atoms with van der Waals surface area (Å²) in [5.41, 5.74) is 1.54. The molecule has 1 saturated heterocycles. The van der Waals surface area contributed by atoms with Crippen molar-refractivity contribution in [3.05, 3.63) is 35.9 Å². The van der Waals surface area contributed by atoms with Gasteiger partial charge in [0, 0.05) is 13.1 Å². The maximum Gasteiger partial charge on any atom is 0.318 e. The SMILES string of the molecule is CC(C)CCN1C(=O)NCC12CCC(c1ccccc1)CC2. The molecule has 2 amide bonds. The monoisotopic (exact) mass is 300 g/mol. The van der Waals surface area contributed by atoms with E-state index in [1.54, 1.807) is 0 Å². The topological polar surface area (TPSA) is 32.3 Å². The molecule has 1 N–H and O–H groups in total. The zero-order chi connectivity index (χ0) is 15.6. The Balaban J connectivity index is 1.66. The minimum Gasteiger partial charge on any atom is -0.336 e. The van der Waals surface area contributed by atoms with Crippen molar-refractivity contribution < 1.29 is 4.79 Å². The zero-order valence-electron chi connectivity index (χ0n) is 13.8. The summed E-state index contributed by atoms with van der Waals surface area (Å²) in [4.78, 5) is 14.4. The molecule has 1 saturated carbocycles. The Kier molecular flexibility index (Phi) is 4.42. The van der Waals surface area contributed by atoms with E-state index >= 15 is 0 Å². The molecule has 1 aromatic carbocycles. The van der Waals surface area contributed by atoms with Crippen molar-refractivity contribution in [1.29, 1.82) is 0 Å². The van der Waals surface area contributed by atoms with Gasteiger partial charge < -0.3 is 10.2 Å². The molecule has 1 heterocycles. The van der Waals surface area contributed by atoms with E-state index in [2.05, 4.69) is 54.4 Å². The smallest absolute Gasteiger partial charge is 0.318 e. The number of rotatable bonds is 4. The molecule has 0 unspecified atom stereocenters. The van der Waals surface area contributed by atoms with E-state index in [0.717, 1.165) is 32.4 Å². The van der Waals surface area contributed by atoms with Crippen LogP contribution in [0.4, 0.5) is 4.79 Å². The van der Waals surface area contributed by atoms with Crippen LogP contribution in [0, 0.1) is 5.92 Å².